The minimum Gasteiger partial charge on any atom is -0.293 e. The molecule has 0 aromatic heterocycles. The van der Waals surface area contributed by atoms with E-state index in [1.165, 1.54) is 0 Å². The highest BCUT2D eigenvalue weighted by Gasteiger charge is 2.29. The first-order chi connectivity index (χ1) is 6.99. The van der Waals surface area contributed by atoms with Gasteiger partial charge in [0.1, 0.15) is 0 Å². The van der Waals surface area contributed by atoms with Gasteiger partial charge in [-0.25, -0.2) is 5.84 Å². The Balaban J connectivity index is 4.77. The maximum atomic E-state index is 11.7. The number of nitrogens with two attached hydrogens (primary N) is 1. The summed E-state index contributed by atoms with van der Waals surface area (Å²) in [6, 6.07) is 0.273. The standard InChI is InChI=1S/C11H25N3O/c1-6-9(5)14(7-2)10(8(3)4)11(15)13-12/h8-10H,6-7,12H2,1-5H3,(H,13,15). The minimum absolute atomic E-state index is 0.0906. The van der Waals surface area contributed by atoms with Crippen molar-refractivity contribution in [3.05, 3.63) is 0 Å². The Hall–Kier alpha value is -0.610. The molecule has 0 saturated heterocycles. The summed E-state index contributed by atoms with van der Waals surface area (Å²) < 4.78 is 0. The molecule has 0 rings (SSSR count). The first-order valence-corrected chi connectivity index (χ1v) is 5.75. The molecule has 0 fully saturated rings. The third-order valence-electron chi connectivity index (χ3n) is 2.92. The molecule has 0 heterocycles. The molecule has 0 spiro atoms. The summed E-state index contributed by atoms with van der Waals surface area (Å²) in [5.74, 6) is 5.39. The highest BCUT2D eigenvalue weighted by atomic mass is 16.2. The van der Waals surface area contributed by atoms with Crippen molar-refractivity contribution in [1.29, 1.82) is 0 Å². The van der Waals surface area contributed by atoms with Crippen molar-refractivity contribution in [2.45, 2.75) is 53.1 Å². The summed E-state index contributed by atoms with van der Waals surface area (Å²) in [6.07, 6.45) is 1.04. The van der Waals surface area contributed by atoms with Gasteiger partial charge in [0, 0.05) is 6.04 Å². The number of amides is 1. The van der Waals surface area contributed by atoms with Crippen LogP contribution in [0.4, 0.5) is 0 Å². The molecular formula is C11H25N3O. The SMILES string of the molecule is CCC(C)N(CC)C(C(=O)NN)C(C)C. The van der Waals surface area contributed by atoms with Gasteiger partial charge >= 0.3 is 0 Å². The Morgan fingerprint density at radius 2 is 1.87 bits per heavy atom. The number of rotatable bonds is 6. The third-order valence-corrected chi connectivity index (χ3v) is 2.92. The zero-order chi connectivity index (χ0) is 12.0. The molecule has 0 aliphatic carbocycles. The van der Waals surface area contributed by atoms with E-state index in [4.69, 9.17) is 5.84 Å². The quantitative estimate of drug-likeness (QED) is 0.396. The summed E-state index contributed by atoms with van der Waals surface area (Å²) in [7, 11) is 0. The van der Waals surface area contributed by atoms with Gasteiger partial charge in [-0.3, -0.25) is 15.1 Å². The molecule has 0 aliphatic heterocycles. The van der Waals surface area contributed by atoms with E-state index >= 15 is 0 Å². The average Bonchev–Trinajstić information content (AvgIpc) is 2.22. The van der Waals surface area contributed by atoms with Crippen LogP contribution in [0.15, 0.2) is 0 Å². The molecule has 15 heavy (non-hydrogen) atoms. The fourth-order valence-electron chi connectivity index (χ4n) is 1.94. The third kappa shape index (κ3) is 3.80. The maximum absolute atomic E-state index is 11.7. The van der Waals surface area contributed by atoms with Gasteiger partial charge in [-0.15, -0.1) is 0 Å². The van der Waals surface area contributed by atoms with Gasteiger partial charge in [-0.1, -0.05) is 27.7 Å². The number of hydrogen-bond donors (Lipinski definition) is 2. The van der Waals surface area contributed by atoms with E-state index in [-0.39, 0.29) is 17.9 Å². The molecular weight excluding hydrogens is 190 g/mol. The number of hydrogen-bond acceptors (Lipinski definition) is 3. The average molecular weight is 215 g/mol. The maximum Gasteiger partial charge on any atom is 0.251 e. The number of carbonyl (C=O) groups excluding carboxylic acids is 1. The van der Waals surface area contributed by atoms with Crippen LogP contribution in [-0.4, -0.2) is 29.4 Å². The van der Waals surface area contributed by atoms with Gasteiger partial charge in [0.05, 0.1) is 6.04 Å². The van der Waals surface area contributed by atoms with Crippen molar-refractivity contribution in [3.63, 3.8) is 0 Å². The summed E-state index contributed by atoms with van der Waals surface area (Å²) >= 11 is 0. The molecule has 4 heteroatoms. The van der Waals surface area contributed by atoms with Crippen LogP contribution < -0.4 is 11.3 Å². The Morgan fingerprint density at radius 3 is 2.13 bits per heavy atom. The van der Waals surface area contributed by atoms with Crippen LogP contribution in [0.5, 0.6) is 0 Å². The van der Waals surface area contributed by atoms with Gasteiger partial charge in [0.15, 0.2) is 0 Å². The van der Waals surface area contributed by atoms with Gasteiger partial charge in [-0.2, -0.15) is 0 Å². The van der Waals surface area contributed by atoms with Crippen molar-refractivity contribution in [1.82, 2.24) is 10.3 Å². The fourth-order valence-corrected chi connectivity index (χ4v) is 1.94. The number of nitrogens with zero attached hydrogens (tertiary/aromatic N) is 1. The Kier molecular flexibility index (Phi) is 6.52. The molecule has 3 N–H and O–H groups in total. The topological polar surface area (TPSA) is 58.4 Å². The lowest BCUT2D eigenvalue weighted by Gasteiger charge is -2.36. The van der Waals surface area contributed by atoms with Crippen molar-refractivity contribution >= 4 is 5.91 Å². The van der Waals surface area contributed by atoms with E-state index in [2.05, 4.69) is 31.1 Å². The zero-order valence-electron chi connectivity index (χ0n) is 10.6. The summed E-state index contributed by atoms with van der Waals surface area (Å²) in [6.45, 7) is 11.3. The predicted molar refractivity (Wildman–Crippen MR) is 63.1 cm³/mol. The van der Waals surface area contributed by atoms with Gasteiger partial charge < -0.3 is 0 Å². The molecule has 0 radical (unpaired) electrons. The monoisotopic (exact) mass is 215 g/mol. The molecule has 0 bridgehead atoms. The van der Waals surface area contributed by atoms with Crippen molar-refractivity contribution in [3.8, 4) is 0 Å². The molecule has 1 amide bonds. The summed E-state index contributed by atoms with van der Waals surface area (Å²) in [5.41, 5.74) is 2.26. The van der Waals surface area contributed by atoms with E-state index in [0.29, 0.717) is 6.04 Å². The first-order valence-electron chi connectivity index (χ1n) is 5.75. The Bertz CT molecular complexity index is 194. The van der Waals surface area contributed by atoms with Crippen LogP contribution in [0.2, 0.25) is 0 Å². The summed E-state index contributed by atoms with van der Waals surface area (Å²) in [5, 5.41) is 0. The van der Waals surface area contributed by atoms with Crippen LogP contribution in [-0.2, 0) is 4.79 Å². The van der Waals surface area contributed by atoms with Gasteiger partial charge in [-0.05, 0) is 25.8 Å². The van der Waals surface area contributed by atoms with Crippen molar-refractivity contribution in [2.24, 2.45) is 11.8 Å². The molecule has 0 aliphatic rings. The second kappa shape index (κ2) is 6.80. The number of nitrogens with one attached hydrogen (secondary N) is 1. The highest BCUT2D eigenvalue weighted by molar-refractivity contribution is 5.81. The minimum atomic E-state index is -0.130. The molecule has 90 valence electrons. The largest absolute Gasteiger partial charge is 0.293 e. The predicted octanol–water partition coefficient (Wildman–Crippen LogP) is 1.12. The number of hydrazine groups is 1. The smallest absolute Gasteiger partial charge is 0.251 e. The molecule has 0 aromatic rings. The van der Waals surface area contributed by atoms with E-state index < -0.39 is 0 Å². The van der Waals surface area contributed by atoms with Gasteiger partial charge in [0.2, 0.25) is 0 Å². The van der Waals surface area contributed by atoms with Crippen molar-refractivity contribution in [2.75, 3.05) is 6.54 Å². The van der Waals surface area contributed by atoms with E-state index in [1.54, 1.807) is 0 Å². The molecule has 0 saturated carbocycles. The van der Waals surface area contributed by atoms with Crippen LogP contribution in [0.3, 0.4) is 0 Å². The second-order valence-corrected chi connectivity index (χ2v) is 4.29. The lowest BCUT2D eigenvalue weighted by atomic mass is 9.99. The van der Waals surface area contributed by atoms with E-state index in [9.17, 15) is 4.79 Å². The van der Waals surface area contributed by atoms with Crippen LogP contribution >= 0.6 is 0 Å². The Labute approximate surface area is 93.2 Å². The summed E-state index contributed by atoms with van der Waals surface area (Å²) in [4.78, 5) is 13.9. The van der Waals surface area contributed by atoms with E-state index in [1.807, 2.05) is 13.8 Å². The van der Waals surface area contributed by atoms with Crippen LogP contribution in [0, 0.1) is 5.92 Å². The van der Waals surface area contributed by atoms with Gasteiger partial charge in [0.25, 0.3) is 5.91 Å². The normalized spacial score (nSPS) is 15.5. The molecule has 2 unspecified atom stereocenters. The zero-order valence-corrected chi connectivity index (χ0v) is 10.6. The number of likely N-dealkylation sites (N-methyl/N-ethyl adjacent to an activating group) is 1. The highest BCUT2D eigenvalue weighted by Crippen LogP contribution is 2.15. The first kappa shape index (κ1) is 14.4. The molecule has 0 aromatic carbocycles. The number of carbonyl (C=O) groups is 1. The lowest BCUT2D eigenvalue weighted by molar-refractivity contribution is -0.129. The lowest BCUT2D eigenvalue weighted by Crippen LogP contribution is -2.54. The Morgan fingerprint density at radius 1 is 1.33 bits per heavy atom. The van der Waals surface area contributed by atoms with E-state index in [0.717, 1.165) is 13.0 Å². The fraction of sp³-hybridized carbons (Fsp3) is 0.909. The van der Waals surface area contributed by atoms with Crippen molar-refractivity contribution < 1.29 is 4.79 Å². The second-order valence-electron chi connectivity index (χ2n) is 4.29. The molecule has 4 nitrogen and oxygen atoms in total. The van der Waals surface area contributed by atoms with Crippen LogP contribution in [0.25, 0.3) is 0 Å². The molecule has 2 atom stereocenters. The van der Waals surface area contributed by atoms with Crippen LogP contribution in [0.1, 0.15) is 41.0 Å².